The molecule has 3 aromatic rings. The molecule has 90 valence electrons. The average molecular weight is 304 g/mol. The zero-order valence-corrected chi connectivity index (χ0v) is 11.0. The Labute approximate surface area is 112 Å². The number of nitrogens with one attached hydrogen (secondary N) is 1. The third kappa shape index (κ3) is 2.19. The van der Waals surface area contributed by atoms with E-state index in [1.807, 2.05) is 35.0 Å². The number of rotatable bonds is 3. The predicted octanol–water partition coefficient (Wildman–Crippen LogP) is 2.50. The van der Waals surface area contributed by atoms with E-state index >= 15 is 0 Å². The van der Waals surface area contributed by atoms with E-state index in [1.165, 1.54) is 0 Å². The molecule has 0 saturated carbocycles. The number of aromatic nitrogens is 4. The minimum Gasteiger partial charge on any atom is -0.361 e. The summed E-state index contributed by atoms with van der Waals surface area (Å²) >= 11 is 3.38. The summed E-state index contributed by atoms with van der Waals surface area (Å²) in [5.41, 5.74) is 1.76. The molecular weight excluding hydrogens is 294 g/mol. The van der Waals surface area contributed by atoms with Crippen molar-refractivity contribution in [3.05, 3.63) is 53.3 Å². The summed E-state index contributed by atoms with van der Waals surface area (Å²) in [7, 11) is 0. The van der Waals surface area contributed by atoms with E-state index in [4.69, 9.17) is 0 Å². The van der Waals surface area contributed by atoms with Crippen LogP contribution in [0.3, 0.4) is 0 Å². The van der Waals surface area contributed by atoms with Crippen LogP contribution in [-0.4, -0.2) is 19.4 Å². The van der Waals surface area contributed by atoms with Crippen LogP contribution in [0.1, 0.15) is 5.69 Å². The highest BCUT2D eigenvalue weighted by Crippen LogP contribution is 2.17. The van der Waals surface area contributed by atoms with Gasteiger partial charge in [-0.15, -0.1) is 0 Å². The molecule has 6 heteroatoms. The number of halogens is 1. The van der Waals surface area contributed by atoms with E-state index in [9.17, 15) is 0 Å². The van der Waals surface area contributed by atoms with E-state index in [-0.39, 0.29) is 0 Å². The third-order valence-corrected chi connectivity index (χ3v) is 2.89. The van der Waals surface area contributed by atoms with Gasteiger partial charge in [-0.25, -0.2) is 9.97 Å². The van der Waals surface area contributed by atoms with Crippen LogP contribution in [0.15, 0.2) is 47.6 Å². The summed E-state index contributed by atoms with van der Waals surface area (Å²) in [6.07, 6.45) is 7.27. The summed E-state index contributed by atoms with van der Waals surface area (Å²) in [6.45, 7) is 0.618. The molecule has 0 aromatic carbocycles. The second-order valence-electron chi connectivity index (χ2n) is 3.74. The van der Waals surface area contributed by atoms with Gasteiger partial charge in [0.1, 0.15) is 4.60 Å². The first-order valence-electron chi connectivity index (χ1n) is 5.46. The molecule has 0 spiro atoms. The molecule has 0 bridgehead atoms. The standard InChI is InChI=1S/C12H10BrN5/c13-10-8-18-6-5-15-12(18)11(17-10)16-7-9-3-1-2-4-14-9/h1-6,8H,7H2,(H,16,17). The highest BCUT2D eigenvalue weighted by molar-refractivity contribution is 9.10. The van der Waals surface area contributed by atoms with Crippen molar-refractivity contribution in [1.29, 1.82) is 0 Å². The molecule has 0 radical (unpaired) electrons. The van der Waals surface area contributed by atoms with Gasteiger partial charge in [0.15, 0.2) is 11.5 Å². The Hall–Kier alpha value is -1.95. The van der Waals surface area contributed by atoms with Gasteiger partial charge in [-0.3, -0.25) is 4.98 Å². The van der Waals surface area contributed by atoms with Crippen molar-refractivity contribution in [1.82, 2.24) is 19.4 Å². The van der Waals surface area contributed by atoms with Crippen LogP contribution in [0.5, 0.6) is 0 Å². The Bertz CT molecular complexity index is 665. The average Bonchev–Trinajstić information content (AvgIpc) is 2.85. The highest BCUT2D eigenvalue weighted by Gasteiger charge is 2.06. The van der Waals surface area contributed by atoms with Crippen molar-refractivity contribution in [3.63, 3.8) is 0 Å². The van der Waals surface area contributed by atoms with Crippen LogP contribution >= 0.6 is 15.9 Å². The quantitative estimate of drug-likeness (QED) is 0.808. The Morgan fingerprint density at radius 1 is 1.22 bits per heavy atom. The molecule has 0 aliphatic rings. The summed E-state index contributed by atoms with van der Waals surface area (Å²) < 4.78 is 2.68. The number of fused-ring (bicyclic) bond motifs is 1. The second kappa shape index (κ2) is 4.73. The van der Waals surface area contributed by atoms with E-state index < -0.39 is 0 Å². The van der Waals surface area contributed by atoms with E-state index in [1.54, 1.807) is 12.4 Å². The molecule has 3 rings (SSSR count). The van der Waals surface area contributed by atoms with Crippen molar-refractivity contribution in [2.24, 2.45) is 0 Å². The van der Waals surface area contributed by atoms with Gasteiger partial charge < -0.3 is 9.72 Å². The zero-order chi connectivity index (χ0) is 12.4. The number of pyridine rings is 1. The van der Waals surface area contributed by atoms with Crippen molar-refractivity contribution in [2.45, 2.75) is 6.54 Å². The normalized spacial score (nSPS) is 10.7. The molecular formula is C12H10BrN5. The van der Waals surface area contributed by atoms with Crippen LogP contribution in [0.25, 0.3) is 5.65 Å². The van der Waals surface area contributed by atoms with E-state index in [0.29, 0.717) is 6.54 Å². The van der Waals surface area contributed by atoms with Crippen LogP contribution in [0, 0.1) is 0 Å². The van der Waals surface area contributed by atoms with Gasteiger partial charge in [-0.1, -0.05) is 6.07 Å². The van der Waals surface area contributed by atoms with Crippen LogP contribution in [0.2, 0.25) is 0 Å². The summed E-state index contributed by atoms with van der Waals surface area (Å²) in [4.78, 5) is 12.9. The molecule has 0 aliphatic heterocycles. The molecule has 0 unspecified atom stereocenters. The lowest BCUT2D eigenvalue weighted by Gasteiger charge is -2.07. The summed E-state index contributed by atoms with van der Waals surface area (Å²) in [6, 6.07) is 5.82. The smallest absolute Gasteiger partial charge is 0.180 e. The number of nitrogens with zero attached hydrogens (tertiary/aromatic N) is 4. The minimum atomic E-state index is 0.618. The van der Waals surface area contributed by atoms with Gasteiger partial charge in [0.05, 0.1) is 12.2 Å². The molecule has 0 amide bonds. The number of imidazole rings is 1. The highest BCUT2D eigenvalue weighted by atomic mass is 79.9. The van der Waals surface area contributed by atoms with Gasteiger partial charge in [-0.2, -0.15) is 0 Å². The first-order chi connectivity index (χ1) is 8.83. The lowest BCUT2D eigenvalue weighted by atomic mass is 10.3. The maximum atomic E-state index is 4.38. The topological polar surface area (TPSA) is 55.1 Å². The van der Waals surface area contributed by atoms with Crippen molar-refractivity contribution in [2.75, 3.05) is 5.32 Å². The number of hydrogen-bond donors (Lipinski definition) is 1. The van der Waals surface area contributed by atoms with E-state index in [2.05, 4.69) is 36.2 Å². The van der Waals surface area contributed by atoms with Gasteiger partial charge in [0.25, 0.3) is 0 Å². The zero-order valence-electron chi connectivity index (χ0n) is 9.42. The first kappa shape index (κ1) is 11.2. The van der Waals surface area contributed by atoms with Crippen LogP contribution in [-0.2, 0) is 6.54 Å². The maximum Gasteiger partial charge on any atom is 0.180 e. The van der Waals surface area contributed by atoms with Gasteiger partial charge >= 0.3 is 0 Å². The Morgan fingerprint density at radius 2 is 2.17 bits per heavy atom. The Balaban J connectivity index is 1.88. The molecule has 3 aromatic heterocycles. The molecule has 1 N–H and O–H groups in total. The second-order valence-corrected chi connectivity index (χ2v) is 4.56. The number of anilines is 1. The summed E-state index contributed by atoms with van der Waals surface area (Å²) in [5.74, 6) is 0.736. The maximum absolute atomic E-state index is 4.38. The predicted molar refractivity (Wildman–Crippen MR) is 72.3 cm³/mol. The molecule has 18 heavy (non-hydrogen) atoms. The fourth-order valence-corrected chi connectivity index (χ4v) is 2.09. The lowest BCUT2D eigenvalue weighted by molar-refractivity contribution is 1.01. The molecule has 0 aliphatic carbocycles. The Morgan fingerprint density at radius 3 is 3.00 bits per heavy atom. The molecule has 0 saturated heterocycles. The largest absolute Gasteiger partial charge is 0.361 e. The van der Waals surface area contributed by atoms with Gasteiger partial charge in [0.2, 0.25) is 0 Å². The fourth-order valence-electron chi connectivity index (χ4n) is 1.70. The molecule has 5 nitrogen and oxygen atoms in total. The van der Waals surface area contributed by atoms with Crippen molar-refractivity contribution in [3.8, 4) is 0 Å². The SMILES string of the molecule is Brc1cn2ccnc2c(NCc2ccccn2)n1. The van der Waals surface area contributed by atoms with Crippen LogP contribution in [0.4, 0.5) is 5.82 Å². The minimum absolute atomic E-state index is 0.618. The first-order valence-corrected chi connectivity index (χ1v) is 6.25. The van der Waals surface area contributed by atoms with Gasteiger partial charge in [-0.05, 0) is 28.1 Å². The van der Waals surface area contributed by atoms with E-state index in [0.717, 1.165) is 21.8 Å². The molecule has 0 fully saturated rings. The molecule has 3 heterocycles. The number of hydrogen-bond acceptors (Lipinski definition) is 4. The van der Waals surface area contributed by atoms with Crippen LogP contribution < -0.4 is 5.32 Å². The van der Waals surface area contributed by atoms with Crippen molar-refractivity contribution < 1.29 is 0 Å². The summed E-state index contributed by atoms with van der Waals surface area (Å²) in [5, 5.41) is 3.24. The Kier molecular flexibility index (Phi) is 2.93. The van der Waals surface area contributed by atoms with Crippen molar-refractivity contribution >= 4 is 27.4 Å². The lowest BCUT2D eigenvalue weighted by Crippen LogP contribution is -2.05. The monoisotopic (exact) mass is 303 g/mol. The van der Waals surface area contributed by atoms with Gasteiger partial charge in [0, 0.05) is 24.8 Å². The third-order valence-electron chi connectivity index (χ3n) is 2.51. The fraction of sp³-hybridized carbons (Fsp3) is 0.0833. The molecule has 0 atom stereocenters.